The molecule has 0 aliphatic carbocycles. The normalized spacial score (nSPS) is 13.3. The second kappa shape index (κ2) is 6.18. The van der Waals surface area contributed by atoms with Gasteiger partial charge in [-0.05, 0) is 46.6 Å². The fourth-order valence-electron chi connectivity index (χ4n) is 2.40. The highest BCUT2D eigenvalue weighted by Crippen LogP contribution is 2.33. The first-order valence-corrected chi connectivity index (χ1v) is 8.93. The van der Waals surface area contributed by atoms with E-state index in [1.165, 1.54) is 25.4 Å². The van der Waals surface area contributed by atoms with E-state index in [4.69, 9.17) is 4.74 Å². The number of thiophene rings is 1. The number of aryl methyl sites for hydroxylation is 1. The maximum atomic E-state index is 5.74. The van der Waals surface area contributed by atoms with Crippen molar-refractivity contribution in [1.82, 2.24) is 5.32 Å². The van der Waals surface area contributed by atoms with Crippen LogP contribution in [0, 0.1) is 6.92 Å². The molecule has 1 aromatic carbocycles. The summed E-state index contributed by atoms with van der Waals surface area (Å²) < 4.78 is 8.08. The summed E-state index contributed by atoms with van der Waals surface area (Å²) >= 11 is 8.97. The third-order valence-electron chi connectivity index (χ3n) is 3.35. The molecule has 0 amide bonds. The molecule has 1 aliphatic heterocycles. The Balaban J connectivity index is 1.67. The van der Waals surface area contributed by atoms with Crippen LogP contribution in [0.15, 0.2) is 27.1 Å². The number of hydrogen-bond donors (Lipinski definition) is 1. The van der Waals surface area contributed by atoms with E-state index in [9.17, 15) is 0 Å². The Morgan fingerprint density at radius 1 is 1.25 bits per heavy atom. The molecule has 2 nitrogen and oxygen atoms in total. The average molecular weight is 417 g/mol. The first kappa shape index (κ1) is 14.6. The smallest absolute Gasteiger partial charge is 0.127 e. The van der Waals surface area contributed by atoms with Crippen LogP contribution in [0.2, 0.25) is 0 Å². The van der Waals surface area contributed by atoms with E-state index >= 15 is 0 Å². The van der Waals surface area contributed by atoms with Crippen LogP contribution in [0.4, 0.5) is 0 Å². The Labute approximate surface area is 139 Å². The Morgan fingerprint density at radius 2 is 2.10 bits per heavy atom. The fraction of sp³-hybridized carbons (Fsp3) is 0.333. The summed E-state index contributed by atoms with van der Waals surface area (Å²) in [6, 6.07) is 6.49. The van der Waals surface area contributed by atoms with Crippen LogP contribution < -0.4 is 10.1 Å². The van der Waals surface area contributed by atoms with E-state index < -0.39 is 0 Å². The van der Waals surface area contributed by atoms with Crippen LogP contribution in [-0.4, -0.2) is 6.61 Å². The summed E-state index contributed by atoms with van der Waals surface area (Å²) in [5, 5.41) is 3.50. The number of nitrogens with one attached hydrogen (secondary N) is 1. The number of fused-ring (bicyclic) bond motifs is 1. The van der Waals surface area contributed by atoms with E-state index in [2.05, 4.69) is 62.3 Å². The SMILES string of the molecule is Cc1sc(CNCc2cc(Br)cc3c2OCC3)cc1Br. The molecule has 1 N–H and O–H groups in total. The van der Waals surface area contributed by atoms with Gasteiger partial charge in [0.2, 0.25) is 0 Å². The molecule has 2 heterocycles. The van der Waals surface area contributed by atoms with Crippen molar-refractivity contribution in [1.29, 1.82) is 0 Å². The van der Waals surface area contributed by atoms with Crippen molar-refractivity contribution in [2.45, 2.75) is 26.4 Å². The Hall–Kier alpha value is -0.360. The molecule has 0 spiro atoms. The van der Waals surface area contributed by atoms with Gasteiger partial charge in [-0.2, -0.15) is 0 Å². The minimum absolute atomic E-state index is 0.801. The standard InChI is InChI=1S/C15H15Br2NOS/c1-9-14(17)6-13(20-9)8-18-7-11-5-12(16)4-10-2-3-19-15(10)11/h4-6,18H,2-3,7-8H2,1H3. The highest BCUT2D eigenvalue weighted by Gasteiger charge is 2.17. The molecule has 0 fully saturated rings. The van der Waals surface area contributed by atoms with Crippen LogP contribution in [0.5, 0.6) is 5.75 Å². The molecule has 0 saturated carbocycles. The van der Waals surface area contributed by atoms with Gasteiger partial charge in [0, 0.05) is 43.8 Å². The van der Waals surface area contributed by atoms with Gasteiger partial charge in [-0.3, -0.25) is 0 Å². The lowest BCUT2D eigenvalue weighted by Crippen LogP contribution is -2.12. The Bertz CT molecular complexity index is 620. The molecular formula is C15H15Br2NOS. The third-order valence-corrected chi connectivity index (χ3v) is 5.94. The van der Waals surface area contributed by atoms with E-state index in [0.29, 0.717) is 0 Å². The predicted molar refractivity (Wildman–Crippen MR) is 90.6 cm³/mol. The van der Waals surface area contributed by atoms with Crippen molar-refractivity contribution in [3.05, 3.63) is 48.0 Å². The summed E-state index contributed by atoms with van der Waals surface area (Å²) in [5.74, 6) is 1.07. The highest BCUT2D eigenvalue weighted by molar-refractivity contribution is 9.10. The second-order valence-corrected chi connectivity index (χ2v) is 7.98. The predicted octanol–water partition coefficient (Wildman–Crippen LogP) is 4.81. The lowest BCUT2D eigenvalue weighted by atomic mass is 10.1. The topological polar surface area (TPSA) is 21.3 Å². The summed E-state index contributed by atoms with van der Waals surface area (Å²) in [6.07, 6.45) is 1.01. The summed E-state index contributed by atoms with van der Waals surface area (Å²) in [5.41, 5.74) is 2.55. The van der Waals surface area contributed by atoms with Gasteiger partial charge in [0.05, 0.1) is 6.61 Å². The average Bonchev–Trinajstić information content (AvgIpc) is 2.97. The highest BCUT2D eigenvalue weighted by atomic mass is 79.9. The van der Waals surface area contributed by atoms with Crippen LogP contribution in [0.25, 0.3) is 0 Å². The van der Waals surface area contributed by atoms with Gasteiger partial charge in [-0.15, -0.1) is 11.3 Å². The molecule has 5 heteroatoms. The zero-order chi connectivity index (χ0) is 14.1. The minimum Gasteiger partial charge on any atom is -0.493 e. The minimum atomic E-state index is 0.801. The van der Waals surface area contributed by atoms with Crippen molar-refractivity contribution in [3.8, 4) is 5.75 Å². The molecule has 0 bridgehead atoms. The van der Waals surface area contributed by atoms with Gasteiger partial charge in [0.15, 0.2) is 0 Å². The monoisotopic (exact) mass is 415 g/mol. The van der Waals surface area contributed by atoms with Gasteiger partial charge in [0.25, 0.3) is 0 Å². The number of ether oxygens (including phenoxy) is 1. The number of rotatable bonds is 4. The first-order valence-electron chi connectivity index (χ1n) is 6.53. The van der Waals surface area contributed by atoms with Crippen molar-refractivity contribution in [3.63, 3.8) is 0 Å². The van der Waals surface area contributed by atoms with Crippen LogP contribution in [0.3, 0.4) is 0 Å². The van der Waals surface area contributed by atoms with Gasteiger partial charge < -0.3 is 10.1 Å². The molecule has 0 atom stereocenters. The zero-order valence-electron chi connectivity index (χ0n) is 11.1. The molecule has 1 aliphatic rings. The van der Waals surface area contributed by atoms with Gasteiger partial charge >= 0.3 is 0 Å². The van der Waals surface area contributed by atoms with E-state index in [1.54, 1.807) is 0 Å². The lowest BCUT2D eigenvalue weighted by molar-refractivity contribution is 0.352. The Morgan fingerprint density at radius 3 is 2.85 bits per heavy atom. The van der Waals surface area contributed by atoms with E-state index in [1.807, 2.05) is 11.3 Å². The molecular weight excluding hydrogens is 402 g/mol. The number of hydrogen-bond acceptors (Lipinski definition) is 3. The van der Waals surface area contributed by atoms with Gasteiger partial charge in [0.1, 0.15) is 5.75 Å². The Kier molecular flexibility index (Phi) is 4.50. The molecule has 0 radical (unpaired) electrons. The molecule has 3 rings (SSSR count). The molecule has 106 valence electrons. The number of halogens is 2. The fourth-order valence-corrected chi connectivity index (χ4v) is 4.53. The molecule has 20 heavy (non-hydrogen) atoms. The summed E-state index contributed by atoms with van der Waals surface area (Å²) in [6.45, 7) is 4.65. The molecule has 0 saturated heterocycles. The largest absolute Gasteiger partial charge is 0.493 e. The van der Waals surface area contributed by atoms with Crippen molar-refractivity contribution < 1.29 is 4.74 Å². The van der Waals surface area contributed by atoms with Gasteiger partial charge in [-0.25, -0.2) is 0 Å². The maximum Gasteiger partial charge on any atom is 0.127 e. The van der Waals surface area contributed by atoms with E-state index in [0.717, 1.165) is 36.3 Å². The third kappa shape index (κ3) is 3.11. The summed E-state index contributed by atoms with van der Waals surface area (Å²) in [4.78, 5) is 2.68. The van der Waals surface area contributed by atoms with Crippen LogP contribution in [-0.2, 0) is 19.5 Å². The van der Waals surface area contributed by atoms with Crippen molar-refractivity contribution >= 4 is 43.2 Å². The van der Waals surface area contributed by atoms with Gasteiger partial charge in [-0.1, -0.05) is 15.9 Å². The van der Waals surface area contributed by atoms with E-state index in [-0.39, 0.29) is 0 Å². The number of benzene rings is 1. The zero-order valence-corrected chi connectivity index (χ0v) is 15.1. The maximum absolute atomic E-state index is 5.74. The molecule has 0 unspecified atom stereocenters. The quantitative estimate of drug-likeness (QED) is 0.772. The summed E-state index contributed by atoms with van der Waals surface area (Å²) in [7, 11) is 0. The van der Waals surface area contributed by atoms with Crippen molar-refractivity contribution in [2.24, 2.45) is 0 Å². The van der Waals surface area contributed by atoms with Crippen LogP contribution >= 0.6 is 43.2 Å². The molecule has 1 aromatic heterocycles. The lowest BCUT2D eigenvalue weighted by Gasteiger charge is -2.09. The van der Waals surface area contributed by atoms with Crippen molar-refractivity contribution in [2.75, 3.05) is 6.61 Å². The van der Waals surface area contributed by atoms with Crippen LogP contribution in [0.1, 0.15) is 20.9 Å². The molecule has 2 aromatic rings. The first-order chi connectivity index (χ1) is 9.63. The second-order valence-electron chi connectivity index (χ2n) is 4.87.